The minimum Gasteiger partial charge on any atom is -0.380 e. The van der Waals surface area contributed by atoms with E-state index in [0.29, 0.717) is 13.1 Å². The highest BCUT2D eigenvalue weighted by Gasteiger charge is 2.33. The smallest absolute Gasteiger partial charge is 0.380 e. The third kappa shape index (κ3) is 3.07. The first-order chi connectivity index (χ1) is 8.94. The average molecular weight is 276 g/mol. The number of halogens is 3. The molecule has 8 heteroatoms. The van der Waals surface area contributed by atoms with Crippen LogP contribution in [0.1, 0.15) is 12.0 Å². The lowest BCUT2D eigenvalue weighted by molar-refractivity contribution is -0.137. The van der Waals surface area contributed by atoms with E-state index >= 15 is 0 Å². The van der Waals surface area contributed by atoms with Gasteiger partial charge < -0.3 is 15.1 Å². The van der Waals surface area contributed by atoms with E-state index in [1.165, 1.54) is 0 Å². The SMILES string of the molecule is COC1CCN(c2cc(C(F)(F)F)cc(NN)n2)C1. The van der Waals surface area contributed by atoms with Gasteiger partial charge in [0, 0.05) is 20.2 Å². The van der Waals surface area contributed by atoms with Crippen molar-refractivity contribution in [2.24, 2.45) is 5.84 Å². The van der Waals surface area contributed by atoms with Gasteiger partial charge in [0.25, 0.3) is 0 Å². The number of alkyl halides is 3. The third-order valence-electron chi connectivity index (χ3n) is 3.09. The fraction of sp³-hybridized carbons (Fsp3) is 0.545. The molecule has 3 N–H and O–H groups in total. The number of pyridine rings is 1. The van der Waals surface area contributed by atoms with Crippen LogP contribution >= 0.6 is 0 Å². The van der Waals surface area contributed by atoms with Gasteiger partial charge in [0.1, 0.15) is 11.6 Å². The molecule has 0 spiro atoms. The van der Waals surface area contributed by atoms with Crippen LogP contribution in [0.4, 0.5) is 24.8 Å². The zero-order chi connectivity index (χ0) is 14.0. The van der Waals surface area contributed by atoms with Crippen LogP contribution < -0.4 is 16.2 Å². The lowest BCUT2D eigenvalue weighted by atomic mass is 10.2. The molecule has 5 nitrogen and oxygen atoms in total. The summed E-state index contributed by atoms with van der Waals surface area (Å²) >= 11 is 0. The number of anilines is 2. The van der Waals surface area contributed by atoms with E-state index in [0.717, 1.165) is 18.6 Å². The number of nitrogens with one attached hydrogen (secondary N) is 1. The summed E-state index contributed by atoms with van der Waals surface area (Å²) in [6.45, 7) is 1.13. The highest BCUT2D eigenvalue weighted by Crippen LogP contribution is 2.33. The van der Waals surface area contributed by atoms with Gasteiger partial charge in [0.05, 0.1) is 11.7 Å². The second kappa shape index (κ2) is 5.22. The molecule has 2 heterocycles. The molecule has 0 amide bonds. The molecule has 2 rings (SSSR count). The molecular weight excluding hydrogens is 261 g/mol. The van der Waals surface area contributed by atoms with E-state index in [9.17, 15) is 13.2 Å². The van der Waals surface area contributed by atoms with Crippen LogP contribution in [0.3, 0.4) is 0 Å². The number of hydrogen-bond acceptors (Lipinski definition) is 5. The van der Waals surface area contributed by atoms with Crippen molar-refractivity contribution in [1.82, 2.24) is 4.98 Å². The highest BCUT2D eigenvalue weighted by molar-refractivity contribution is 5.51. The van der Waals surface area contributed by atoms with Crippen molar-refractivity contribution in [3.05, 3.63) is 17.7 Å². The summed E-state index contributed by atoms with van der Waals surface area (Å²) in [5.41, 5.74) is 1.39. The van der Waals surface area contributed by atoms with Gasteiger partial charge in [-0.3, -0.25) is 0 Å². The van der Waals surface area contributed by atoms with E-state index in [1.807, 2.05) is 0 Å². The Balaban J connectivity index is 2.30. The Kier molecular flexibility index (Phi) is 3.81. The van der Waals surface area contributed by atoms with E-state index in [-0.39, 0.29) is 17.7 Å². The lowest BCUT2D eigenvalue weighted by Crippen LogP contribution is -2.24. The molecule has 1 aliphatic rings. The molecule has 0 bridgehead atoms. The van der Waals surface area contributed by atoms with Gasteiger partial charge in [-0.25, -0.2) is 10.8 Å². The number of ether oxygens (including phenoxy) is 1. The Morgan fingerprint density at radius 2 is 2.21 bits per heavy atom. The molecule has 0 aliphatic carbocycles. The summed E-state index contributed by atoms with van der Waals surface area (Å²) in [5, 5.41) is 0. The van der Waals surface area contributed by atoms with Crippen LogP contribution in [0.25, 0.3) is 0 Å². The van der Waals surface area contributed by atoms with Crippen LogP contribution in [0, 0.1) is 0 Å². The maximum absolute atomic E-state index is 12.8. The molecule has 0 radical (unpaired) electrons. The van der Waals surface area contributed by atoms with Crippen molar-refractivity contribution in [2.75, 3.05) is 30.5 Å². The average Bonchev–Trinajstić information content (AvgIpc) is 2.86. The second-order valence-electron chi connectivity index (χ2n) is 4.33. The number of nitrogens with zero attached hydrogens (tertiary/aromatic N) is 2. The zero-order valence-electron chi connectivity index (χ0n) is 10.4. The number of hydrazine groups is 1. The Bertz CT molecular complexity index is 452. The highest BCUT2D eigenvalue weighted by atomic mass is 19.4. The fourth-order valence-corrected chi connectivity index (χ4v) is 2.04. The van der Waals surface area contributed by atoms with Gasteiger partial charge in [-0.05, 0) is 18.6 Å². The molecule has 19 heavy (non-hydrogen) atoms. The Morgan fingerprint density at radius 3 is 2.74 bits per heavy atom. The van der Waals surface area contributed by atoms with Gasteiger partial charge in [-0.1, -0.05) is 0 Å². The summed E-state index contributed by atoms with van der Waals surface area (Å²) in [7, 11) is 1.58. The van der Waals surface area contributed by atoms with Gasteiger partial charge >= 0.3 is 6.18 Å². The van der Waals surface area contributed by atoms with Crippen LogP contribution in [0.5, 0.6) is 0 Å². The van der Waals surface area contributed by atoms with Crippen molar-refractivity contribution >= 4 is 11.6 Å². The molecule has 1 aromatic rings. The van der Waals surface area contributed by atoms with E-state index in [2.05, 4.69) is 10.4 Å². The molecule has 1 aliphatic heterocycles. The van der Waals surface area contributed by atoms with Crippen LogP contribution in [-0.4, -0.2) is 31.3 Å². The first-order valence-corrected chi connectivity index (χ1v) is 5.77. The standard InChI is InChI=1S/C11H15F3N4O/c1-19-8-2-3-18(6-8)10-5-7(11(12,13)14)4-9(16-10)17-15/h4-5,8H,2-3,6,15H2,1H3,(H,16,17). The Hall–Kier alpha value is -1.54. The molecule has 1 fully saturated rings. The quantitative estimate of drug-likeness (QED) is 0.648. The largest absolute Gasteiger partial charge is 0.416 e. The first-order valence-electron chi connectivity index (χ1n) is 5.77. The Labute approximate surface area is 108 Å². The lowest BCUT2D eigenvalue weighted by Gasteiger charge is -2.19. The van der Waals surface area contributed by atoms with Crippen molar-refractivity contribution in [2.45, 2.75) is 18.7 Å². The molecule has 0 saturated carbocycles. The molecule has 106 valence electrons. The van der Waals surface area contributed by atoms with Gasteiger partial charge in [0.2, 0.25) is 0 Å². The number of rotatable bonds is 3. The molecule has 1 aromatic heterocycles. The summed E-state index contributed by atoms with van der Waals surface area (Å²) in [6.07, 6.45) is -3.64. The molecule has 1 atom stereocenters. The summed E-state index contributed by atoms with van der Waals surface area (Å²) in [5.74, 6) is 5.40. The van der Waals surface area contributed by atoms with Gasteiger partial charge in [-0.15, -0.1) is 0 Å². The maximum atomic E-state index is 12.8. The Morgan fingerprint density at radius 1 is 1.47 bits per heavy atom. The fourth-order valence-electron chi connectivity index (χ4n) is 2.04. The minimum atomic E-state index is -4.43. The number of hydrogen-bond donors (Lipinski definition) is 2. The van der Waals surface area contributed by atoms with Crippen LogP contribution in [-0.2, 0) is 10.9 Å². The number of methoxy groups -OCH3 is 1. The maximum Gasteiger partial charge on any atom is 0.416 e. The van der Waals surface area contributed by atoms with E-state index < -0.39 is 11.7 Å². The molecule has 1 unspecified atom stereocenters. The van der Waals surface area contributed by atoms with Crippen molar-refractivity contribution in [3.8, 4) is 0 Å². The van der Waals surface area contributed by atoms with Gasteiger partial charge in [0.15, 0.2) is 0 Å². The molecule has 1 saturated heterocycles. The normalized spacial score (nSPS) is 19.8. The number of nitrogen functional groups attached to an aromatic ring is 1. The van der Waals surface area contributed by atoms with E-state index in [4.69, 9.17) is 10.6 Å². The van der Waals surface area contributed by atoms with Gasteiger partial charge in [-0.2, -0.15) is 13.2 Å². The number of nitrogens with two attached hydrogens (primary N) is 1. The summed E-state index contributed by atoms with van der Waals surface area (Å²) in [4.78, 5) is 5.80. The van der Waals surface area contributed by atoms with E-state index in [1.54, 1.807) is 12.0 Å². The van der Waals surface area contributed by atoms with Crippen LogP contribution in [0.15, 0.2) is 12.1 Å². The minimum absolute atomic E-state index is 0.00862. The third-order valence-corrected chi connectivity index (χ3v) is 3.09. The predicted molar refractivity (Wildman–Crippen MR) is 64.7 cm³/mol. The monoisotopic (exact) mass is 276 g/mol. The summed E-state index contributed by atoms with van der Waals surface area (Å²) < 4.78 is 43.5. The number of aromatic nitrogens is 1. The van der Waals surface area contributed by atoms with Crippen LogP contribution in [0.2, 0.25) is 0 Å². The van der Waals surface area contributed by atoms with Crippen molar-refractivity contribution in [1.29, 1.82) is 0 Å². The topological polar surface area (TPSA) is 63.4 Å². The van der Waals surface area contributed by atoms with Crippen molar-refractivity contribution < 1.29 is 17.9 Å². The first kappa shape index (κ1) is 13.9. The van der Waals surface area contributed by atoms with Crippen molar-refractivity contribution in [3.63, 3.8) is 0 Å². The second-order valence-corrected chi connectivity index (χ2v) is 4.33. The molecular formula is C11H15F3N4O. The molecule has 0 aromatic carbocycles. The predicted octanol–water partition coefficient (Wildman–Crippen LogP) is 1.61. The zero-order valence-corrected chi connectivity index (χ0v) is 10.4. The summed E-state index contributed by atoms with van der Waals surface area (Å²) in [6, 6.07) is 1.91.